The molecule has 0 saturated carbocycles. The fourth-order valence-corrected chi connectivity index (χ4v) is 4.21. The minimum absolute atomic E-state index is 0.184. The van der Waals surface area contributed by atoms with Crippen molar-refractivity contribution in [3.63, 3.8) is 0 Å². The van der Waals surface area contributed by atoms with Crippen LogP contribution in [-0.2, 0) is 11.3 Å². The van der Waals surface area contributed by atoms with Crippen molar-refractivity contribution in [3.05, 3.63) is 20.3 Å². The van der Waals surface area contributed by atoms with E-state index in [-0.39, 0.29) is 6.09 Å². The molecule has 1 fully saturated rings. The molecule has 0 bridgehead atoms. The second-order valence-corrected chi connectivity index (χ2v) is 9.29. The Hall–Kier alpha value is -0.590. The van der Waals surface area contributed by atoms with Crippen LogP contribution in [0.3, 0.4) is 0 Å². The first-order chi connectivity index (χ1) is 10.7. The van der Waals surface area contributed by atoms with Crippen molar-refractivity contribution in [2.45, 2.75) is 65.1 Å². The van der Waals surface area contributed by atoms with Crippen molar-refractivity contribution in [1.29, 1.82) is 0 Å². The smallest absolute Gasteiger partial charge is 0.410 e. The van der Waals surface area contributed by atoms with Gasteiger partial charge in [-0.1, -0.05) is 0 Å². The minimum atomic E-state index is -0.425. The minimum Gasteiger partial charge on any atom is -0.444 e. The largest absolute Gasteiger partial charge is 0.444 e. The predicted molar refractivity (Wildman–Crippen MR) is 99.0 cm³/mol. The van der Waals surface area contributed by atoms with Gasteiger partial charge in [-0.05, 0) is 69.0 Å². The summed E-state index contributed by atoms with van der Waals surface area (Å²) in [5.41, 5.74) is -0.425. The normalized spacial score (nSPS) is 19.5. The third-order valence-corrected chi connectivity index (χ3v) is 5.99. The Balaban J connectivity index is 1.80. The molecule has 0 spiro atoms. The van der Waals surface area contributed by atoms with E-state index in [9.17, 15) is 4.79 Å². The van der Waals surface area contributed by atoms with E-state index in [1.807, 2.05) is 37.0 Å². The number of amides is 1. The number of nitrogens with one attached hydrogen (secondary N) is 1. The summed E-state index contributed by atoms with van der Waals surface area (Å²) in [5.74, 6) is 0. The van der Waals surface area contributed by atoms with Crippen molar-refractivity contribution < 1.29 is 9.53 Å². The maximum Gasteiger partial charge on any atom is 0.410 e. The average molecular weight is 403 g/mol. The standard InChI is InChI=1S/C17H27BrN2O2S/c1-12-15(18)10-14(23-12)11-19-13-6-5-8-20(9-7-13)16(21)22-17(2,3)4/h10,13,19H,5-9,11H2,1-4H3. The third-order valence-electron chi connectivity index (χ3n) is 3.85. The van der Waals surface area contributed by atoms with E-state index in [4.69, 9.17) is 4.74 Å². The Bertz CT molecular complexity index is 520. The second kappa shape index (κ2) is 7.99. The van der Waals surface area contributed by atoms with Crippen LogP contribution >= 0.6 is 27.3 Å². The van der Waals surface area contributed by atoms with Gasteiger partial charge >= 0.3 is 6.09 Å². The number of hydrogen-bond acceptors (Lipinski definition) is 4. The van der Waals surface area contributed by atoms with Crippen LogP contribution < -0.4 is 5.32 Å². The van der Waals surface area contributed by atoms with Crippen LogP contribution in [0.1, 0.15) is 49.8 Å². The van der Waals surface area contributed by atoms with Gasteiger partial charge in [-0.15, -0.1) is 11.3 Å². The molecule has 0 aliphatic carbocycles. The Morgan fingerprint density at radius 3 is 2.78 bits per heavy atom. The number of aryl methyl sites for hydroxylation is 1. The molecular formula is C17H27BrN2O2S. The molecule has 23 heavy (non-hydrogen) atoms. The van der Waals surface area contributed by atoms with E-state index in [1.54, 1.807) is 0 Å². The summed E-state index contributed by atoms with van der Waals surface area (Å²) in [4.78, 5) is 16.7. The monoisotopic (exact) mass is 402 g/mol. The summed E-state index contributed by atoms with van der Waals surface area (Å²) in [6.45, 7) is 10.3. The first kappa shape index (κ1) is 18.7. The summed E-state index contributed by atoms with van der Waals surface area (Å²) >= 11 is 5.39. The molecule has 4 nitrogen and oxygen atoms in total. The Kier molecular flexibility index (Phi) is 6.51. The van der Waals surface area contributed by atoms with E-state index in [0.29, 0.717) is 6.04 Å². The maximum atomic E-state index is 12.2. The van der Waals surface area contributed by atoms with Crippen molar-refractivity contribution in [1.82, 2.24) is 10.2 Å². The van der Waals surface area contributed by atoms with Gasteiger partial charge in [-0.25, -0.2) is 4.79 Å². The van der Waals surface area contributed by atoms with Gasteiger partial charge in [0.25, 0.3) is 0 Å². The molecule has 1 N–H and O–H groups in total. The lowest BCUT2D eigenvalue weighted by Gasteiger charge is -2.26. The zero-order chi connectivity index (χ0) is 17.0. The lowest BCUT2D eigenvalue weighted by atomic mass is 10.1. The van der Waals surface area contributed by atoms with Crippen LogP contribution in [0.4, 0.5) is 4.79 Å². The zero-order valence-electron chi connectivity index (χ0n) is 14.4. The van der Waals surface area contributed by atoms with Crippen molar-refractivity contribution >= 4 is 33.4 Å². The van der Waals surface area contributed by atoms with E-state index >= 15 is 0 Å². The molecule has 0 aromatic carbocycles. The van der Waals surface area contributed by atoms with Gasteiger partial charge in [0.15, 0.2) is 0 Å². The van der Waals surface area contributed by atoms with Crippen LogP contribution in [-0.4, -0.2) is 35.7 Å². The number of ether oxygens (including phenoxy) is 1. The predicted octanol–water partition coefficient (Wildman–Crippen LogP) is 4.70. The number of halogens is 1. The van der Waals surface area contributed by atoms with Crippen LogP contribution in [0.5, 0.6) is 0 Å². The van der Waals surface area contributed by atoms with Gasteiger partial charge in [-0.3, -0.25) is 0 Å². The fraction of sp³-hybridized carbons (Fsp3) is 0.706. The molecule has 1 unspecified atom stereocenters. The SMILES string of the molecule is Cc1sc(CNC2CCCN(C(=O)OC(C)(C)C)CC2)cc1Br. The van der Waals surface area contributed by atoms with E-state index in [2.05, 4.69) is 34.2 Å². The van der Waals surface area contributed by atoms with E-state index in [1.165, 1.54) is 14.2 Å². The molecule has 1 aromatic heterocycles. The Morgan fingerprint density at radius 1 is 1.43 bits per heavy atom. The number of carbonyl (C=O) groups is 1. The van der Waals surface area contributed by atoms with E-state index in [0.717, 1.165) is 38.9 Å². The highest BCUT2D eigenvalue weighted by atomic mass is 79.9. The number of likely N-dealkylation sites (tertiary alicyclic amines) is 1. The van der Waals surface area contributed by atoms with Crippen LogP contribution in [0, 0.1) is 6.92 Å². The topological polar surface area (TPSA) is 41.6 Å². The molecule has 1 atom stereocenters. The lowest BCUT2D eigenvalue weighted by molar-refractivity contribution is 0.0256. The highest BCUT2D eigenvalue weighted by Crippen LogP contribution is 2.26. The van der Waals surface area contributed by atoms with Crippen molar-refractivity contribution in [2.75, 3.05) is 13.1 Å². The first-order valence-electron chi connectivity index (χ1n) is 8.21. The van der Waals surface area contributed by atoms with Crippen LogP contribution in [0.25, 0.3) is 0 Å². The van der Waals surface area contributed by atoms with Crippen molar-refractivity contribution in [3.8, 4) is 0 Å². The summed E-state index contributed by atoms with van der Waals surface area (Å²) in [5, 5.41) is 3.64. The summed E-state index contributed by atoms with van der Waals surface area (Å²) in [6, 6.07) is 2.65. The van der Waals surface area contributed by atoms with E-state index < -0.39 is 5.60 Å². The highest BCUT2D eigenvalue weighted by molar-refractivity contribution is 9.10. The molecule has 1 aromatic rings. The molecule has 2 heterocycles. The number of thiophene rings is 1. The van der Waals surface area contributed by atoms with Gasteiger partial charge in [0.2, 0.25) is 0 Å². The molecule has 1 amide bonds. The Labute approximate surface area is 151 Å². The van der Waals surface area contributed by atoms with Gasteiger partial charge in [-0.2, -0.15) is 0 Å². The maximum absolute atomic E-state index is 12.2. The second-order valence-electron chi connectivity index (χ2n) is 7.09. The van der Waals surface area contributed by atoms with Crippen molar-refractivity contribution in [2.24, 2.45) is 0 Å². The van der Waals surface area contributed by atoms with Gasteiger partial charge in [0, 0.05) is 39.9 Å². The fourth-order valence-electron chi connectivity index (χ4n) is 2.66. The third kappa shape index (κ3) is 6.08. The molecule has 2 rings (SSSR count). The molecular weight excluding hydrogens is 376 g/mol. The highest BCUT2D eigenvalue weighted by Gasteiger charge is 2.25. The van der Waals surface area contributed by atoms with Gasteiger partial charge in [0.1, 0.15) is 5.60 Å². The molecule has 1 saturated heterocycles. The number of rotatable bonds is 3. The number of hydrogen-bond donors (Lipinski definition) is 1. The number of carbonyl (C=O) groups excluding carboxylic acids is 1. The molecule has 0 radical (unpaired) electrons. The van der Waals surface area contributed by atoms with Gasteiger partial charge in [0.05, 0.1) is 0 Å². The first-order valence-corrected chi connectivity index (χ1v) is 9.81. The molecule has 1 aliphatic rings. The lowest BCUT2D eigenvalue weighted by Crippen LogP contribution is -2.38. The van der Waals surface area contributed by atoms with Gasteiger partial charge < -0.3 is 15.0 Å². The molecule has 130 valence electrons. The Morgan fingerprint density at radius 2 is 2.17 bits per heavy atom. The molecule has 6 heteroatoms. The summed E-state index contributed by atoms with van der Waals surface area (Å²) in [6.07, 6.45) is 2.91. The quantitative estimate of drug-likeness (QED) is 0.796. The molecule has 1 aliphatic heterocycles. The van der Waals surface area contributed by atoms with Crippen LogP contribution in [0.2, 0.25) is 0 Å². The number of nitrogens with zero attached hydrogens (tertiary/aromatic N) is 1. The van der Waals surface area contributed by atoms with Crippen LogP contribution in [0.15, 0.2) is 10.5 Å². The zero-order valence-corrected chi connectivity index (χ0v) is 16.8. The average Bonchev–Trinajstić information content (AvgIpc) is 2.64. The summed E-state index contributed by atoms with van der Waals surface area (Å²) in [7, 11) is 0. The summed E-state index contributed by atoms with van der Waals surface area (Å²) < 4.78 is 6.67.